The number of benzene rings is 1. The maximum atomic E-state index is 12.5. The molecule has 24 heavy (non-hydrogen) atoms. The minimum atomic E-state index is -3.45. The van der Waals surface area contributed by atoms with E-state index in [0.29, 0.717) is 17.7 Å². The molecule has 0 spiro atoms. The highest BCUT2D eigenvalue weighted by Gasteiger charge is 2.31. The Labute approximate surface area is 139 Å². The van der Waals surface area contributed by atoms with Crippen LogP contribution in [0.25, 0.3) is 0 Å². The fraction of sp³-hybridized carbons (Fsp3) is 0.250. The van der Waals surface area contributed by atoms with Gasteiger partial charge in [0.05, 0.1) is 23.3 Å². The molecule has 1 unspecified atom stereocenters. The Morgan fingerprint density at radius 2 is 2.04 bits per heavy atom. The SMILES string of the molecule is COc1cc2c(cc1C(=O)Nc1ccncc1)S(=O)(=O)CCC2N. The summed E-state index contributed by atoms with van der Waals surface area (Å²) in [5, 5.41) is 2.69. The summed E-state index contributed by atoms with van der Waals surface area (Å²) in [6, 6.07) is 5.76. The van der Waals surface area contributed by atoms with Gasteiger partial charge in [-0.15, -0.1) is 0 Å². The van der Waals surface area contributed by atoms with E-state index in [2.05, 4.69) is 10.3 Å². The highest BCUT2D eigenvalue weighted by Crippen LogP contribution is 2.35. The highest BCUT2D eigenvalue weighted by molar-refractivity contribution is 7.91. The number of nitrogens with zero attached hydrogens (tertiary/aromatic N) is 1. The molecule has 0 radical (unpaired) electrons. The van der Waals surface area contributed by atoms with Crippen molar-refractivity contribution in [3.63, 3.8) is 0 Å². The van der Waals surface area contributed by atoms with E-state index in [-0.39, 0.29) is 22.0 Å². The summed E-state index contributed by atoms with van der Waals surface area (Å²) in [6.45, 7) is 0. The van der Waals surface area contributed by atoms with E-state index in [9.17, 15) is 13.2 Å². The van der Waals surface area contributed by atoms with Crippen molar-refractivity contribution in [3.8, 4) is 5.75 Å². The zero-order chi connectivity index (χ0) is 17.3. The Morgan fingerprint density at radius 3 is 2.71 bits per heavy atom. The first-order valence-electron chi connectivity index (χ1n) is 7.34. The number of carbonyl (C=O) groups is 1. The van der Waals surface area contributed by atoms with Crippen molar-refractivity contribution in [2.75, 3.05) is 18.2 Å². The number of nitrogens with one attached hydrogen (secondary N) is 1. The van der Waals surface area contributed by atoms with E-state index in [1.807, 2.05) is 0 Å². The molecular formula is C16H17N3O4S. The highest BCUT2D eigenvalue weighted by atomic mass is 32.2. The van der Waals surface area contributed by atoms with Crippen LogP contribution in [0.15, 0.2) is 41.6 Å². The van der Waals surface area contributed by atoms with E-state index in [1.54, 1.807) is 24.5 Å². The van der Waals surface area contributed by atoms with Gasteiger partial charge in [0.1, 0.15) is 5.75 Å². The standard InChI is InChI=1S/C16H17N3O4S/c1-23-14-8-11-13(17)4-7-24(21,22)15(11)9-12(14)16(20)19-10-2-5-18-6-3-10/h2-3,5-6,8-9,13H,4,7,17H2,1H3,(H,18,19,20). The molecule has 7 nitrogen and oxygen atoms in total. The number of nitrogens with two attached hydrogens (primary N) is 1. The van der Waals surface area contributed by atoms with Crippen molar-refractivity contribution in [3.05, 3.63) is 47.8 Å². The van der Waals surface area contributed by atoms with Gasteiger partial charge < -0.3 is 15.8 Å². The first-order valence-corrected chi connectivity index (χ1v) is 8.99. The number of aromatic nitrogens is 1. The molecule has 3 rings (SSSR count). The number of anilines is 1. The summed E-state index contributed by atoms with van der Waals surface area (Å²) in [7, 11) is -2.03. The molecule has 1 aromatic heterocycles. The summed E-state index contributed by atoms with van der Waals surface area (Å²) in [6.07, 6.45) is 3.44. The van der Waals surface area contributed by atoms with Gasteiger partial charge in [-0.3, -0.25) is 9.78 Å². The zero-order valence-corrected chi connectivity index (χ0v) is 13.8. The van der Waals surface area contributed by atoms with Gasteiger partial charge in [-0.2, -0.15) is 0 Å². The number of rotatable bonds is 3. The van der Waals surface area contributed by atoms with Gasteiger partial charge in [-0.25, -0.2) is 8.42 Å². The Kier molecular flexibility index (Phi) is 4.25. The van der Waals surface area contributed by atoms with Crippen LogP contribution < -0.4 is 15.8 Å². The van der Waals surface area contributed by atoms with Crippen LogP contribution in [0.1, 0.15) is 28.4 Å². The second-order valence-corrected chi connectivity index (χ2v) is 7.57. The first-order chi connectivity index (χ1) is 11.4. The monoisotopic (exact) mass is 347 g/mol. The van der Waals surface area contributed by atoms with Crippen LogP contribution in [-0.2, 0) is 9.84 Å². The summed E-state index contributed by atoms with van der Waals surface area (Å²) in [4.78, 5) is 16.5. The molecule has 0 saturated heterocycles. The molecule has 2 heterocycles. The molecule has 0 saturated carbocycles. The van der Waals surface area contributed by atoms with Gasteiger partial charge in [0, 0.05) is 24.1 Å². The number of pyridine rings is 1. The summed E-state index contributed by atoms with van der Waals surface area (Å²) < 4.78 is 29.9. The number of amides is 1. The number of ether oxygens (including phenoxy) is 1. The van der Waals surface area contributed by atoms with E-state index >= 15 is 0 Å². The molecule has 3 N–H and O–H groups in total. The normalized spacial score (nSPS) is 18.5. The fourth-order valence-corrected chi connectivity index (χ4v) is 4.31. The lowest BCUT2D eigenvalue weighted by molar-refractivity contribution is 0.102. The van der Waals surface area contributed by atoms with Crippen molar-refractivity contribution < 1.29 is 17.9 Å². The molecule has 126 valence electrons. The average molecular weight is 347 g/mol. The molecule has 1 atom stereocenters. The van der Waals surface area contributed by atoms with Gasteiger partial charge in [0.25, 0.3) is 5.91 Å². The second kappa shape index (κ2) is 6.21. The van der Waals surface area contributed by atoms with Crippen molar-refractivity contribution in [2.24, 2.45) is 5.73 Å². The molecule has 0 fully saturated rings. The van der Waals surface area contributed by atoms with E-state index in [0.717, 1.165) is 0 Å². The second-order valence-electron chi connectivity index (χ2n) is 5.49. The fourth-order valence-electron chi connectivity index (χ4n) is 2.66. The van der Waals surface area contributed by atoms with E-state index < -0.39 is 21.8 Å². The van der Waals surface area contributed by atoms with Crippen molar-refractivity contribution in [1.29, 1.82) is 0 Å². The lowest BCUT2D eigenvalue weighted by Crippen LogP contribution is -2.26. The van der Waals surface area contributed by atoms with Crippen LogP contribution in [0.2, 0.25) is 0 Å². The lowest BCUT2D eigenvalue weighted by Gasteiger charge is -2.24. The molecule has 0 aliphatic carbocycles. The molecule has 1 aliphatic rings. The third-order valence-corrected chi connectivity index (χ3v) is 5.74. The Hall–Kier alpha value is -2.45. The molecule has 0 bridgehead atoms. The number of hydrogen-bond donors (Lipinski definition) is 2. The van der Waals surface area contributed by atoms with Crippen LogP contribution in [0.5, 0.6) is 5.75 Å². The van der Waals surface area contributed by atoms with Gasteiger partial charge in [0.15, 0.2) is 9.84 Å². The van der Waals surface area contributed by atoms with Crippen LogP contribution in [0, 0.1) is 0 Å². The lowest BCUT2D eigenvalue weighted by atomic mass is 10.0. The maximum Gasteiger partial charge on any atom is 0.259 e. The smallest absolute Gasteiger partial charge is 0.259 e. The average Bonchev–Trinajstić information content (AvgIpc) is 2.58. The van der Waals surface area contributed by atoms with Crippen molar-refractivity contribution in [1.82, 2.24) is 4.98 Å². The molecule has 1 aromatic carbocycles. The maximum absolute atomic E-state index is 12.5. The minimum absolute atomic E-state index is 0.0289. The number of hydrogen-bond acceptors (Lipinski definition) is 6. The molecule has 8 heteroatoms. The predicted octanol–water partition coefficient (Wildman–Crippen LogP) is 1.52. The number of carbonyl (C=O) groups excluding carboxylic acids is 1. The number of sulfone groups is 1. The summed E-state index contributed by atoms with van der Waals surface area (Å²) in [5.74, 6) is -0.207. The van der Waals surface area contributed by atoms with Crippen molar-refractivity contribution in [2.45, 2.75) is 17.4 Å². The minimum Gasteiger partial charge on any atom is -0.496 e. The Bertz CT molecular complexity index is 882. The summed E-state index contributed by atoms with van der Waals surface area (Å²) in [5.41, 5.74) is 7.19. The van der Waals surface area contributed by atoms with Crippen molar-refractivity contribution >= 4 is 21.4 Å². The third-order valence-electron chi connectivity index (χ3n) is 3.95. The largest absolute Gasteiger partial charge is 0.496 e. The Morgan fingerprint density at radius 1 is 1.33 bits per heavy atom. The van der Waals surface area contributed by atoms with Gasteiger partial charge in [-0.05, 0) is 36.2 Å². The van der Waals surface area contributed by atoms with E-state index in [4.69, 9.17) is 10.5 Å². The third kappa shape index (κ3) is 2.98. The summed E-state index contributed by atoms with van der Waals surface area (Å²) >= 11 is 0. The molecule has 1 aliphatic heterocycles. The molecule has 2 aromatic rings. The van der Waals surface area contributed by atoms with Crippen LogP contribution in [0.3, 0.4) is 0 Å². The van der Waals surface area contributed by atoms with Gasteiger partial charge in [-0.1, -0.05) is 0 Å². The predicted molar refractivity (Wildman–Crippen MR) is 88.8 cm³/mol. The number of fused-ring (bicyclic) bond motifs is 1. The molecular weight excluding hydrogens is 330 g/mol. The zero-order valence-electron chi connectivity index (χ0n) is 13.0. The number of methoxy groups -OCH3 is 1. The van der Waals surface area contributed by atoms with Crippen LogP contribution >= 0.6 is 0 Å². The first kappa shape index (κ1) is 16.4. The molecule has 1 amide bonds. The van der Waals surface area contributed by atoms with Crippen LogP contribution in [0.4, 0.5) is 5.69 Å². The van der Waals surface area contributed by atoms with E-state index in [1.165, 1.54) is 19.2 Å². The quantitative estimate of drug-likeness (QED) is 0.871. The Balaban J connectivity index is 2.06. The van der Waals surface area contributed by atoms with Gasteiger partial charge in [0.2, 0.25) is 0 Å². The van der Waals surface area contributed by atoms with Gasteiger partial charge >= 0.3 is 0 Å². The topological polar surface area (TPSA) is 111 Å². The van der Waals surface area contributed by atoms with Crippen LogP contribution in [-0.4, -0.2) is 32.2 Å².